The maximum atomic E-state index is 12.8. The standard InChI is InChI=1S/C23H27N3O4S/c1-17(23(27)24-16-18-5-7-20(30-2)8-6-18)26-14-11-19-15-21(9-10-22(19)26)31(28,29)25-12-3-4-13-25/h5-11,14-15,17H,3-4,12-13,16H2,1-2H3,(H,24,27). The summed E-state index contributed by atoms with van der Waals surface area (Å²) in [5.74, 6) is 0.662. The predicted molar refractivity (Wildman–Crippen MR) is 119 cm³/mol. The molecular formula is C23H27N3O4S. The second kappa shape index (κ2) is 8.72. The van der Waals surface area contributed by atoms with Crippen molar-refractivity contribution in [3.63, 3.8) is 0 Å². The molecule has 1 aliphatic heterocycles. The number of amides is 1. The molecular weight excluding hydrogens is 414 g/mol. The van der Waals surface area contributed by atoms with Gasteiger partial charge in [-0.15, -0.1) is 0 Å². The third-order valence-electron chi connectivity index (χ3n) is 5.82. The Morgan fingerprint density at radius 1 is 1.10 bits per heavy atom. The lowest BCUT2D eigenvalue weighted by atomic mass is 10.2. The van der Waals surface area contributed by atoms with Crippen LogP contribution in [-0.2, 0) is 21.4 Å². The summed E-state index contributed by atoms with van der Waals surface area (Å²) in [4.78, 5) is 13.0. The Kier molecular flexibility index (Phi) is 6.02. The smallest absolute Gasteiger partial charge is 0.243 e. The van der Waals surface area contributed by atoms with Gasteiger partial charge in [0.05, 0.1) is 12.0 Å². The first-order chi connectivity index (χ1) is 14.9. The number of carbonyl (C=O) groups excluding carboxylic acids is 1. The maximum absolute atomic E-state index is 12.8. The summed E-state index contributed by atoms with van der Waals surface area (Å²) in [5, 5.41) is 3.76. The van der Waals surface area contributed by atoms with Crippen molar-refractivity contribution in [2.45, 2.75) is 37.2 Å². The number of aromatic nitrogens is 1. The van der Waals surface area contributed by atoms with Gasteiger partial charge in [-0.2, -0.15) is 4.31 Å². The van der Waals surface area contributed by atoms with Gasteiger partial charge < -0.3 is 14.6 Å². The fourth-order valence-electron chi connectivity index (χ4n) is 3.92. The number of hydrogen-bond donors (Lipinski definition) is 1. The molecule has 1 unspecified atom stereocenters. The number of carbonyl (C=O) groups is 1. The normalized spacial score (nSPS) is 15.8. The monoisotopic (exact) mass is 441 g/mol. The van der Waals surface area contributed by atoms with Crippen molar-refractivity contribution in [2.75, 3.05) is 20.2 Å². The van der Waals surface area contributed by atoms with Gasteiger partial charge in [0.2, 0.25) is 15.9 Å². The number of nitrogens with zero attached hydrogens (tertiary/aromatic N) is 2. The van der Waals surface area contributed by atoms with E-state index in [1.54, 1.807) is 29.6 Å². The highest BCUT2D eigenvalue weighted by molar-refractivity contribution is 7.89. The van der Waals surface area contributed by atoms with Gasteiger partial charge in [-0.3, -0.25) is 4.79 Å². The number of fused-ring (bicyclic) bond motifs is 1. The Hall–Kier alpha value is -2.84. The highest BCUT2D eigenvalue weighted by atomic mass is 32.2. The molecule has 1 aliphatic rings. The van der Waals surface area contributed by atoms with Crippen LogP contribution in [0.3, 0.4) is 0 Å². The van der Waals surface area contributed by atoms with Crippen molar-refractivity contribution >= 4 is 26.8 Å². The van der Waals surface area contributed by atoms with E-state index in [-0.39, 0.29) is 5.91 Å². The van der Waals surface area contributed by atoms with Gasteiger partial charge in [0.1, 0.15) is 11.8 Å². The van der Waals surface area contributed by atoms with Gasteiger partial charge in [0.25, 0.3) is 0 Å². The van der Waals surface area contributed by atoms with Crippen LogP contribution in [0.2, 0.25) is 0 Å². The summed E-state index contributed by atoms with van der Waals surface area (Å²) in [6.45, 7) is 3.40. The third kappa shape index (κ3) is 4.31. The van der Waals surface area contributed by atoms with Crippen molar-refractivity contribution in [1.82, 2.24) is 14.2 Å². The molecule has 164 valence electrons. The van der Waals surface area contributed by atoms with Crippen molar-refractivity contribution in [2.24, 2.45) is 0 Å². The second-order valence-electron chi connectivity index (χ2n) is 7.80. The van der Waals surface area contributed by atoms with Crippen LogP contribution in [0, 0.1) is 0 Å². The molecule has 0 saturated carbocycles. The largest absolute Gasteiger partial charge is 0.497 e. The molecule has 4 rings (SSSR count). The summed E-state index contributed by atoms with van der Waals surface area (Å²) in [6.07, 6.45) is 3.64. The molecule has 3 aromatic rings. The van der Waals surface area contributed by atoms with E-state index in [2.05, 4.69) is 5.32 Å². The fourth-order valence-corrected chi connectivity index (χ4v) is 5.48. The molecule has 2 heterocycles. The van der Waals surface area contributed by atoms with Crippen LogP contribution in [0.25, 0.3) is 10.9 Å². The molecule has 0 aliphatic carbocycles. The average Bonchev–Trinajstić information content (AvgIpc) is 3.47. The fraction of sp³-hybridized carbons (Fsp3) is 0.348. The summed E-state index contributed by atoms with van der Waals surface area (Å²) < 4.78 is 34.2. The molecule has 1 fully saturated rings. The Bertz CT molecular complexity index is 1180. The van der Waals surface area contributed by atoms with Gasteiger partial charge in [-0.05, 0) is 61.7 Å². The van der Waals surface area contributed by atoms with Crippen LogP contribution in [0.15, 0.2) is 59.6 Å². The molecule has 1 aromatic heterocycles. The molecule has 1 N–H and O–H groups in total. The SMILES string of the molecule is COc1ccc(CNC(=O)C(C)n2ccc3cc(S(=O)(=O)N4CCCC4)ccc32)cc1. The van der Waals surface area contributed by atoms with Crippen LogP contribution >= 0.6 is 0 Å². The third-order valence-corrected chi connectivity index (χ3v) is 7.71. The second-order valence-corrected chi connectivity index (χ2v) is 9.73. The minimum absolute atomic E-state index is 0.109. The van der Waals surface area contributed by atoms with E-state index in [9.17, 15) is 13.2 Å². The minimum atomic E-state index is -3.47. The number of benzene rings is 2. The van der Waals surface area contributed by atoms with Crippen molar-refractivity contribution < 1.29 is 17.9 Å². The van der Waals surface area contributed by atoms with E-state index in [4.69, 9.17) is 4.74 Å². The molecule has 1 atom stereocenters. The summed E-state index contributed by atoms with van der Waals surface area (Å²) in [6, 6.07) is 14.1. The Morgan fingerprint density at radius 2 is 1.81 bits per heavy atom. The van der Waals surface area contributed by atoms with Crippen molar-refractivity contribution in [3.8, 4) is 5.75 Å². The Balaban J connectivity index is 1.48. The minimum Gasteiger partial charge on any atom is -0.497 e. The molecule has 2 aromatic carbocycles. The lowest BCUT2D eigenvalue weighted by molar-refractivity contribution is -0.123. The van der Waals surface area contributed by atoms with Gasteiger partial charge in [-0.1, -0.05) is 12.1 Å². The van der Waals surface area contributed by atoms with Gasteiger partial charge in [-0.25, -0.2) is 8.42 Å². The summed E-state index contributed by atoms with van der Waals surface area (Å²) >= 11 is 0. The zero-order chi connectivity index (χ0) is 22.0. The molecule has 7 nitrogen and oxygen atoms in total. The van der Waals surface area contributed by atoms with E-state index in [0.29, 0.717) is 24.5 Å². The molecule has 8 heteroatoms. The van der Waals surface area contributed by atoms with Crippen LogP contribution < -0.4 is 10.1 Å². The summed E-state index contributed by atoms with van der Waals surface area (Å²) in [7, 11) is -1.85. The van der Waals surface area contributed by atoms with Gasteiger partial charge in [0.15, 0.2) is 0 Å². The molecule has 1 saturated heterocycles. The molecule has 0 bridgehead atoms. The number of ether oxygens (including phenoxy) is 1. The van der Waals surface area contributed by atoms with Crippen molar-refractivity contribution in [3.05, 3.63) is 60.3 Å². The average molecular weight is 442 g/mol. The molecule has 0 spiro atoms. The maximum Gasteiger partial charge on any atom is 0.243 e. The van der Waals surface area contributed by atoms with Crippen molar-refractivity contribution in [1.29, 1.82) is 0 Å². The highest BCUT2D eigenvalue weighted by Crippen LogP contribution is 2.27. The van der Waals surface area contributed by atoms with Crippen LogP contribution in [0.1, 0.15) is 31.4 Å². The van der Waals surface area contributed by atoms with E-state index in [0.717, 1.165) is 35.1 Å². The highest BCUT2D eigenvalue weighted by Gasteiger charge is 2.27. The van der Waals surface area contributed by atoms with Crippen LogP contribution in [-0.4, -0.2) is 43.4 Å². The quantitative estimate of drug-likeness (QED) is 0.610. The Morgan fingerprint density at radius 3 is 2.48 bits per heavy atom. The van der Waals surface area contributed by atoms with Gasteiger partial charge >= 0.3 is 0 Å². The number of hydrogen-bond acceptors (Lipinski definition) is 4. The number of rotatable bonds is 7. The first-order valence-corrected chi connectivity index (χ1v) is 11.9. The number of sulfonamides is 1. The zero-order valence-electron chi connectivity index (χ0n) is 17.7. The number of methoxy groups -OCH3 is 1. The van der Waals surface area contributed by atoms with E-state index in [1.807, 2.05) is 48.0 Å². The van der Waals surface area contributed by atoms with E-state index < -0.39 is 16.1 Å². The van der Waals surface area contributed by atoms with Crippen LogP contribution in [0.4, 0.5) is 0 Å². The topological polar surface area (TPSA) is 80.6 Å². The zero-order valence-corrected chi connectivity index (χ0v) is 18.6. The number of nitrogens with one attached hydrogen (secondary N) is 1. The predicted octanol–water partition coefficient (Wildman–Crippen LogP) is 3.31. The first kappa shape index (κ1) is 21.4. The Labute approximate surface area is 182 Å². The molecule has 31 heavy (non-hydrogen) atoms. The summed E-state index contributed by atoms with van der Waals surface area (Å²) in [5.41, 5.74) is 1.81. The molecule has 0 radical (unpaired) electrons. The van der Waals surface area contributed by atoms with E-state index in [1.165, 1.54) is 0 Å². The van der Waals surface area contributed by atoms with E-state index >= 15 is 0 Å². The van der Waals surface area contributed by atoms with Gasteiger partial charge in [0, 0.05) is 36.7 Å². The lowest BCUT2D eigenvalue weighted by Gasteiger charge is -2.17. The lowest BCUT2D eigenvalue weighted by Crippen LogP contribution is -2.30. The van der Waals surface area contributed by atoms with Crippen LogP contribution in [0.5, 0.6) is 5.75 Å². The molecule has 1 amide bonds. The first-order valence-electron chi connectivity index (χ1n) is 10.4.